The number of esters is 2. The average molecular weight is 821 g/mol. The molecule has 0 N–H and O–H groups in total. The molecule has 0 saturated heterocycles. The lowest BCUT2D eigenvalue weighted by atomic mass is 10.1. The van der Waals surface area contributed by atoms with E-state index in [0.717, 1.165) is 70.9 Å². The molecule has 10 heteroatoms. The van der Waals surface area contributed by atoms with Crippen LogP contribution in [0, 0.1) is 5.92 Å². The summed E-state index contributed by atoms with van der Waals surface area (Å²) in [6, 6.07) is 29.8. The molecule has 0 spiro atoms. The van der Waals surface area contributed by atoms with Crippen molar-refractivity contribution in [3.8, 4) is 68.0 Å². The number of unbranched alkanes of at least 4 members (excludes halogenated alkanes) is 8. The Labute approximate surface area is 359 Å². The number of benzene rings is 4. The Morgan fingerprint density at radius 1 is 0.443 bits per heavy atom. The highest BCUT2D eigenvalue weighted by Crippen LogP contribution is 2.27. The van der Waals surface area contributed by atoms with Gasteiger partial charge in [0.05, 0.1) is 25.6 Å². The van der Waals surface area contributed by atoms with E-state index in [1.807, 2.05) is 72.8 Å². The van der Waals surface area contributed by atoms with E-state index in [0.29, 0.717) is 23.1 Å². The first-order valence-corrected chi connectivity index (χ1v) is 21.6. The van der Waals surface area contributed by atoms with Crippen molar-refractivity contribution < 1.29 is 28.5 Å². The molecule has 0 radical (unpaired) electrons. The molecular formula is C51H56N4O6. The molecule has 4 aromatic carbocycles. The number of carbonyl (C=O) groups excluding carboxylic acids is 2. The Bertz CT molecular complexity index is 2230. The van der Waals surface area contributed by atoms with Gasteiger partial charge in [0.15, 0.2) is 11.6 Å². The summed E-state index contributed by atoms with van der Waals surface area (Å²) in [4.78, 5) is 43.9. The van der Waals surface area contributed by atoms with Gasteiger partial charge < -0.3 is 18.9 Å². The van der Waals surface area contributed by atoms with Crippen molar-refractivity contribution in [1.29, 1.82) is 0 Å². The predicted octanol–water partition coefficient (Wildman–Crippen LogP) is 12.2. The summed E-state index contributed by atoms with van der Waals surface area (Å²) >= 11 is 0. The second-order valence-corrected chi connectivity index (χ2v) is 15.2. The Balaban J connectivity index is 0.916. The van der Waals surface area contributed by atoms with E-state index in [9.17, 15) is 9.59 Å². The topological polar surface area (TPSA) is 123 Å². The van der Waals surface area contributed by atoms with E-state index in [2.05, 4.69) is 33.8 Å². The lowest BCUT2D eigenvalue weighted by Gasteiger charge is -2.12. The van der Waals surface area contributed by atoms with E-state index in [1.165, 1.54) is 51.4 Å². The summed E-state index contributed by atoms with van der Waals surface area (Å²) in [5, 5.41) is 0. The van der Waals surface area contributed by atoms with Crippen LogP contribution in [-0.4, -0.2) is 45.1 Å². The molecule has 0 aliphatic heterocycles. The Kier molecular flexibility index (Phi) is 16.9. The monoisotopic (exact) mass is 820 g/mol. The molecule has 0 fully saturated rings. The van der Waals surface area contributed by atoms with Gasteiger partial charge in [-0.3, -0.25) is 9.59 Å². The van der Waals surface area contributed by atoms with Gasteiger partial charge in [-0.1, -0.05) is 96.4 Å². The molecule has 2 heterocycles. The maximum absolute atomic E-state index is 12.9. The van der Waals surface area contributed by atoms with Gasteiger partial charge >= 0.3 is 11.9 Å². The Morgan fingerprint density at radius 3 is 1.21 bits per heavy atom. The maximum atomic E-state index is 12.9. The maximum Gasteiger partial charge on any atom is 0.314 e. The second-order valence-electron chi connectivity index (χ2n) is 15.2. The molecule has 0 aliphatic carbocycles. The summed E-state index contributed by atoms with van der Waals surface area (Å²) in [5.41, 5.74) is 5.20. The number of nitrogens with zero attached hydrogens (tertiary/aromatic N) is 4. The summed E-state index contributed by atoms with van der Waals surface area (Å²) in [6.07, 6.45) is 19.0. The van der Waals surface area contributed by atoms with E-state index >= 15 is 0 Å². The minimum Gasteiger partial charge on any atom is -0.494 e. The molecule has 6 rings (SSSR count). The normalized spacial score (nSPS) is 11.5. The van der Waals surface area contributed by atoms with E-state index in [1.54, 1.807) is 56.0 Å². The molecule has 10 nitrogen and oxygen atoms in total. The zero-order valence-electron chi connectivity index (χ0n) is 35.6. The van der Waals surface area contributed by atoms with E-state index < -0.39 is 17.9 Å². The van der Waals surface area contributed by atoms with Crippen molar-refractivity contribution in [1.82, 2.24) is 19.9 Å². The third-order valence-electron chi connectivity index (χ3n) is 10.3. The average Bonchev–Trinajstić information content (AvgIpc) is 3.30. The minimum absolute atomic E-state index is 0.140. The molecule has 61 heavy (non-hydrogen) atoms. The van der Waals surface area contributed by atoms with Gasteiger partial charge in [0.25, 0.3) is 0 Å². The molecule has 2 aromatic heterocycles. The van der Waals surface area contributed by atoms with E-state index in [4.69, 9.17) is 18.9 Å². The fourth-order valence-corrected chi connectivity index (χ4v) is 6.60. The third-order valence-corrected chi connectivity index (χ3v) is 10.3. The standard InChI is InChI=1S/C51H56N4O6/c1-4-6-8-10-12-30-58-44-22-18-40(19-23-44)49-52-33-42(34-53-49)38-14-26-46(27-15-38)60-48(56)32-37(3)51(57)61-47-28-16-39(17-29-47)43-35-54-50(55-36-43)41-20-24-45(25-21-41)59-31-13-11-9-7-5-2/h14-29,33-37H,4-13,30-32H2,1-3H3. The van der Waals surface area contributed by atoms with Crippen LogP contribution in [0.2, 0.25) is 0 Å². The molecule has 316 valence electrons. The van der Waals surface area contributed by atoms with Crippen LogP contribution in [0.4, 0.5) is 0 Å². The first kappa shape index (κ1) is 44.1. The number of hydrogen-bond acceptors (Lipinski definition) is 10. The minimum atomic E-state index is -0.719. The smallest absolute Gasteiger partial charge is 0.314 e. The summed E-state index contributed by atoms with van der Waals surface area (Å²) < 4.78 is 22.9. The number of ether oxygens (including phenoxy) is 4. The van der Waals surface area contributed by atoms with Gasteiger partial charge in [-0.05, 0) is 96.8 Å². The Morgan fingerprint density at radius 2 is 0.803 bits per heavy atom. The largest absolute Gasteiger partial charge is 0.494 e. The van der Waals surface area contributed by atoms with Crippen LogP contribution in [0.1, 0.15) is 91.4 Å². The number of hydrogen-bond donors (Lipinski definition) is 0. The molecule has 1 atom stereocenters. The third kappa shape index (κ3) is 13.8. The molecule has 1 unspecified atom stereocenters. The highest BCUT2D eigenvalue weighted by molar-refractivity contribution is 5.82. The van der Waals surface area contributed by atoms with Crippen molar-refractivity contribution in [3.63, 3.8) is 0 Å². The summed E-state index contributed by atoms with van der Waals surface area (Å²) in [7, 11) is 0. The lowest BCUT2D eigenvalue weighted by Crippen LogP contribution is -2.22. The van der Waals surface area contributed by atoms with Gasteiger partial charge in [0.2, 0.25) is 0 Å². The van der Waals surface area contributed by atoms with Crippen molar-refractivity contribution in [2.45, 2.75) is 91.4 Å². The highest BCUT2D eigenvalue weighted by Gasteiger charge is 2.21. The van der Waals surface area contributed by atoms with Crippen LogP contribution in [-0.2, 0) is 9.59 Å². The predicted molar refractivity (Wildman–Crippen MR) is 239 cm³/mol. The number of carbonyl (C=O) groups is 2. The van der Waals surface area contributed by atoms with Gasteiger partial charge in [0.1, 0.15) is 23.0 Å². The molecule has 0 amide bonds. The molecule has 0 saturated carbocycles. The van der Waals surface area contributed by atoms with E-state index in [-0.39, 0.29) is 6.42 Å². The van der Waals surface area contributed by atoms with Crippen molar-refractivity contribution in [2.75, 3.05) is 13.2 Å². The van der Waals surface area contributed by atoms with Crippen molar-refractivity contribution in [3.05, 3.63) is 122 Å². The zero-order valence-corrected chi connectivity index (χ0v) is 35.6. The van der Waals surface area contributed by atoms with Crippen LogP contribution in [0.15, 0.2) is 122 Å². The highest BCUT2D eigenvalue weighted by atomic mass is 16.5. The van der Waals surface area contributed by atoms with Crippen LogP contribution in [0.25, 0.3) is 45.0 Å². The zero-order chi connectivity index (χ0) is 42.7. The van der Waals surface area contributed by atoms with Gasteiger partial charge in [0, 0.05) is 47.0 Å². The summed E-state index contributed by atoms with van der Waals surface area (Å²) in [6.45, 7) is 7.51. The van der Waals surface area contributed by atoms with Crippen LogP contribution in [0.5, 0.6) is 23.0 Å². The first-order valence-electron chi connectivity index (χ1n) is 21.6. The van der Waals surface area contributed by atoms with Crippen molar-refractivity contribution in [2.24, 2.45) is 5.92 Å². The van der Waals surface area contributed by atoms with Crippen LogP contribution in [0.3, 0.4) is 0 Å². The van der Waals surface area contributed by atoms with Gasteiger partial charge in [-0.2, -0.15) is 0 Å². The van der Waals surface area contributed by atoms with Gasteiger partial charge in [-0.25, -0.2) is 19.9 Å². The second kappa shape index (κ2) is 23.4. The Hall–Kier alpha value is -6.42. The fourth-order valence-electron chi connectivity index (χ4n) is 6.60. The number of aromatic nitrogens is 4. The first-order chi connectivity index (χ1) is 29.9. The summed E-state index contributed by atoms with van der Waals surface area (Å²) in [5.74, 6) is 1.87. The van der Waals surface area contributed by atoms with Crippen LogP contribution >= 0.6 is 0 Å². The van der Waals surface area contributed by atoms with Crippen LogP contribution < -0.4 is 18.9 Å². The molecular weight excluding hydrogens is 765 g/mol. The SMILES string of the molecule is CCCCCCCOc1ccc(-c2ncc(-c3ccc(OC(=O)CC(C)C(=O)Oc4ccc(-c5cnc(-c6ccc(OCCCCCCC)cc6)nc5)cc4)cc3)cn2)cc1. The lowest BCUT2D eigenvalue weighted by molar-refractivity contribution is -0.144. The molecule has 0 bridgehead atoms. The van der Waals surface area contributed by atoms with Crippen molar-refractivity contribution >= 4 is 11.9 Å². The number of rotatable bonds is 23. The quantitative estimate of drug-likeness (QED) is 0.0350. The molecule has 0 aliphatic rings. The molecule has 6 aromatic rings. The van der Waals surface area contributed by atoms with Gasteiger partial charge in [-0.15, -0.1) is 0 Å². The fraction of sp³-hybridized carbons (Fsp3) is 0.333.